The number of hydrogen-bond donors (Lipinski definition) is 1. The maximum Gasteiger partial charge on any atom is 0.253 e. The van der Waals surface area contributed by atoms with Crippen molar-refractivity contribution < 1.29 is 9.59 Å². The second-order valence-corrected chi connectivity index (χ2v) is 6.79. The minimum atomic E-state index is -0.339. The van der Waals surface area contributed by atoms with Gasteiger partial charge in [-0.3, -0.25) is 14.9 Å². The highest BCUT2D eigenvalue weighted by atomic mass is 16.2. The molecule has 0 bridgehead atoms. The summed E-state index contributed by atoms with van der Waals surface area (Å²) in [6.07, 6.45) is 3.26. The van der Waals surface area contributed by atoms with Crippen molar-refractivity contribution in [1.29, 1.82) is 0 Å². The van der Waals surface area contributed by atoms with Crippen LogP contribution in [0.2, 0.25) is 0 Å². The summed E-state index contributed by atoms with van der Waals surface area (Å²) >= 11 is 0. The van der Waals surface area contributed by atoms with Gasteiger partial charge in [-0.25, -0.2) is 0 Å². The molecule has 3 rings (SSSR count). The van der Waals surface area contributed by atoms with Gasteiger partial charge in [-0.1, -0.05) is 23.8 Å². The third-order valence-electron chi connectivity index (χ3n) is 5.13. The minimum absolute atomic E-state index is 0.0671. The summed E-state index contributed by atoms with van der Waals surface area (Å²) in [5.41, 5.74) is 1.53. The molecule has 1 spiro atoms. The first kappa shape index (κ1) is 16.7. The number of carbonyl (C=O) groups excluding carboxylic acids is 2. The highest BCUT2D eigenvalue weighted by Gasteiger charge is 2.49. The topological polar surface area (TPSA) is 52.7 Å². The van der Waals surface area contributed by atoms with Crippen LogP contribution in [0.4, 0.5) is 0 Å². The lowest BCUT2D eigenvalue weighted by atomic mass is 9.95. The number of hydrogen-bond acceptors (Lipinski definition) is 3. The zero-order valence-corrected chi connectivity index (χ0v) is 14.4. The smallest absolute Gasteiger partial charge is 0.253 e. The Morgan fingerprint density at radius 3 is 2.54 bits per heavy atom. The van der Waals surface area contributed by atoms with Gasteiger partial charge in [0, 0.05) is 38.0 Å². The van der Waals surface area contributed by atoms with Crippen LogP contribution in [0.5, 0.6) is 0 Å². The zero-order chi connectivity index (χ0) is 17.3. The van der Waals surface area contributed by atoms with Gasteiger partial charge in [-0.05, 0) is 26.0 Å². The number of nitrogens with zero attached hydrogens (tertiary/aromatic N) is 2. The van der Waals surface area contributed by atoms with Gasteiger partial charge in [0.1, 0.15) is 0 Å². The Morgan fingerprint density at radius 1 is 1.33 bits per heavy atom. The zero-order valence-electron chi connectivity index (χ0n) is 14.4. The Morgan fingerprint density at radius 2 is 1.96 bits per heavy atom. The van der Waals surface area contributed by atoms with Crippen molar-refractivity contribution in [2.75, 3.05) is 19.6 Å². The van der Waals surface area contributed by atoms with Crippen LogP contribution in [0, 0.1) is 6.92 Å². The van der Waals surface area contributed by atoms with E-state index in [1.807, 2.05) is 47.9 Å². The molecule has 1 aromatic rings. The normalized spacial score (nSPS) is 22.9. The molecular formula is C19H25N3O2. The maximum absolute atomic E-state index is 12.7. The monoisotopic (exact) mass is 327 g/mol. The number of aryl methyl sites for hydroxylation is 1. The fraction of sp³-hybridized carbons (Fsp3) is 0.474. The van der Waals surface area contributed by atoms with Gasteiger partial charge in [-0.2, -0.15) is 0 Å². The largest absolute Gasteiger partial charge is 0.338 e. The van der Waals surface area contributed by atoms with Crippen molar-refractivity contribution in [3.8, 4) is 0 Å². The lowest BCUT2D eigenvalue weighted by Gasteiger charge is -2.44. The quantitative estimate of drug-likeness (QED) is 0.863. The number of amides is 2. The summed E-state index contributed by atoms with van der Waals surface area (Å²) in [6, 6.07) is 7.51. The van der Waals surface area contributed by atoms with Crippen molar-refractivity contribution in [2.45, 2.75) is 38.4 Å². The van der Waals surface area contributed by atoms with Gasteiger partial charge >= 0.3 is 0 Å². The van der Waals surface area contributed by atoms with Crippen LogP contribution in [0.15, 0.2) is 36.9 Å². The fourth-order valence-corrected chi connectivity index (χ4v) is 3.75. The third kappa shape index (κ3) is 2.84. The highest BCUT2D eigenvalue weighted by Crippen LogP contribution is 2.32. The lowest BCUT2D eigenvalue weighted by molar-refractivity contribution is -0.132. The van der Waals surface area contributed by atoms with Crippen molar-refractivity contribution in [1.82, 2.24) is 15.1 Å². The summed E-state index contributed by atoms with van der Waals surface area (Å²) in [4.78, 5) is 28.8. The molecule has 2 aliphatic heterocycles. The van der Waals surface area contributed by atoms with Gasteiger partial charge in [0.15, 0.2) is 0 Å². The van der Waals surface area contributed by atoms with Gasteiger partial charge in [0.25, 0.3) is 5.91 Å². The van der Waals surface area contributed by atoms with E-state index in [0.717, 1.165) is 24.0 Å². The number of rotatable bonds is 3. The Kier molecular flexibility index (Phi) is 4.45. The molecule has 0 unspecified atom stereocenters. The molecule has 2 fully saturated rings. The van der Waals surface area contributed by atoms with Crippen molar-refractivity contribution in [2.24, 2.45) is 0 Å². The van der Waals surface area contributed by atoms with Crippen molar-refractivity contribution in [3.05, 3.63) is 48.0 Å². The number of likely N-dealkylation sites (tertiary alicyclic amines) is 1. The van der Waals surface area contributed by atoms with Gasteiger partial charge in [-0.15, -0.1) is 6.58 Å². The summed E-state index contributed by atoms with van der Waals surface area (Å²) < 4.78 is 0. The molecule has 2 saturated heterocycles. The molecule has 5 nitrogen and oxygen atoms in total. The summed E-state index contributed by atoms with van der Waals surface area (Å²) in [6.45, 7) is 9.51. The lowest BCUT2D eigenvalue weighted by Crippen LogP contribution is -2.59. The Labute approximate surface area is 143 Å². The summed E-state index contributed by atoms with van der Waals surface area (Å²) in [7, 11) is 0. The van der Waals surface area contributed by atoms with E-state index < -0.39 is 0 Å². The first-order valence-corrected chi connectivity index (χ1v) is 8.53. The van der Waals surface area contributed by atoms with E-state index >= 15 is 0 Å². The van der Waals surface area contributed by atoms with Gasteiger partial charge < -0.3 is 9.80 Å². The Bertz CT molecular complexity index is 645. The molecule has 0 saturated carbocycles. The van der Waals surface area contributed by atoms with Crippen LogP contribution >= 0.6 is 0 Å². The molecule has 5 heteroatoms. The fourth-order valence-electron chi connectivity index (χ4n) is 3.75. The predicted molar refractivity (Wildman–Crippen MR) is 93.6 cm³/mol. The number of benzene rings is 1. The van der Waals surface area contributed by atoms with E-state index in [1.165, 1.54) is 0 Å². The SMILES string of the molecule is C=CCN1C(=O)[C@H](C)NC12CCN(C(=O)c1ccc(C)cc1)CC2. The summed E-state index contributed by atoms with van der Waals surface area (Å²) in [5, 5.41) is 3.45. The minimum Gasteiger partial charge on any atom is -0.338 e. The second kappa shape index (κ2) is 6.40. The number of nitrogens with one attached hydrogen (secondary N) is 1. The molecule has 1 aromatic carbocycles. The highest BCUT2D eigenvalue weighted by molar-refractivity contribution is 5.94. The van der Waals surface area contributed by atoms with Crippen LogP contribution < -0.4 is 5.32 Å². The maximum atomic E-state index is 12.7. The van der Waals surface area contributed by atoms with Crippen molar-refractivity contribution >= 4 is 11.8 Å². The second-order valence-electron chi connectivity index (χ2n) is 6.79. The van der Waals surface area contributed by atoms with Crippen LogP contribution in [0.1, 0.15) is 35.7 Å². The van der Waals surface area contributed by atoms with Crippen LogP contribution in [-0.4, -0.2) is 53.0 Å². The molecular weight excluding hydrogens is 302 g/mol. The number of piperidine rings is 1. The van der Waals surface area contributed by atoms with Crippen LogP contribution in [0.3, 0.4) is 0 Å². The molecule has 128 valence electrons. The van der Waals surface area contributed by atoms with E-state index in [0.29, 0.717) is 19.6 Å². The molecule has 24 heavy (non-hydrogen) atoms. The van der Waals surface area contributed by atoms with Crippen molar-refractivity contribution in [3.63, 3.8) is 0 Å². The average molecular weight is 327 g/mol. The predicted octanol–water partition coefficient (Wildman–Crippen LogP) is 1.93. The molecule has 2 heterocycles. The average Bonchev–Trinajstić information content (AvgIpc) is 2.80. The molecule has 1 atom stereocenters. The van der Waals surface area contributed by atoms with E-state index in [9.17, 15) is 9.59 Å². The molecule has 0 aromatic heterocycles. The number of carbonyl (C=O) groups is 2. The third-order valence-corrected chi connectivity index (χ3v) is 5.13. The van der Waals surface area contributed by atoms with E-state index in [4.69, 9.17) is 0 Å². The standard InChI is InChI=1S/C19H25N3O2/c1-4-11-22-17(23)15(3)20-19(22)9-12-21(13-10-19)18(24)16-7-5-14(2)6-8-16/h4-8,15,20H,1,9-13H2,2-3H3/t15-/m0/s1. The molecule has 0 radical (unpaired) electrons. The molecule has 2 amide bonds. The van der Waals surface area contributed by atoms with Crippen LogP contribution in [0.25, 0.3) is 0 Å². The molecule has 0 aliphatic carbocycles. The Hall–Kier alpha value is -2.14. The summed E-state index contributed by atoms with van der Waals surface area (Å²) in [5.74, 6) is 0.186. The first-order chi connectivity index (χ1) is 11.5. The molecule has 1 N–H and O–H groups in total. The first-order valence-electron chi connectivity index (χ1n) is 8.53. The van der Waals surface area contributed by atoms with E-state index in [-0.39, 0.29) is 23.5 Å². The van der Waals surface area contributed by atoms with E-state index in [2.05, 4.69) is 11.9 Å². The van der Waals surface area contributed by atoms with Gasteiger partial charge in [0.2, 0.25) is 5.91 Å². The van der Waals surface area contributed by atoms with Crippen LogP contribution in [-0.2, 0) is 4.79 Å². The Balaban J connectivity index is 1.71. The van der Waals surface area contributed by atoms with Gasteiger partial charge in [0.05, 0.1) is 11.7 Å². The van der Waals surface area contributed by atoms with E-state index in [1.54, 1.807) is 6.08 Å². The molecule has 2 aliphatic rings.